The third-order valence-electron chi connectivity index (χ3n) is 2.95. The van der Waals surface area contributed by atoms with Crippen LogP contribution in [-0.4, -0.2) is 28.2 Å². The molecule has 0 aliphatic carbocycles. The van der Waals surface area contributed by atoms with E-state index in [1.54, 1.807) is 11.8 Å². The Morgan fingerprint density at radius 1 is 1.41 bits per heavy atom. The molecule has 1 atom stereocenters. The van der Waals surface area contributed by atoms with Crippen molar-refractivity contribution in [2.45, 2.75) is 25.0 Å². The number of rotatable bonds is 4. The fourth-order valence-corrected chi connectivity index (χ4v) is 3.08. The lowest BCUT2D eigenvalue weighted by molar-refractivity contribution is -0.165. The Morgan fingerprint density at radius 3 is 2.76 bits per heavy atom. The third-order valence-corrected chi connectivity index (χ3v) is 4.20. The van der Waals surface area contributed by atoms with Gasteiger partial charge in [-0.2, -0.15) is 11.8 Å². The Bertz CT molecular complexity index is 372. The van der Waals surface area contributed by atoms with E-state index in [1.165, 1.54) is 0 Å². The van der Waals surface area contributed by atoms with Crippen molar-refractivity contribution in [3.8, 4) is 0 Å². The predicted molar refractivity (Wildman–Crippen MR) is 68.2 cm³/mol. The minimum Gasteiger partial charge on any atom is -0.479 e. The molecule has 92 valence electrons. The van der Waals surface area contributed by atoms with Gasteiger partial charge in [0, 0.05) is 5.75 Å². The smallest absolute Gasteiger partial charge is 0.336 e. The Balaban J connectivity index is 2.01. The average Bonchev–Trinajstić information content (AvgIpc) is 2.38. The summed E-state index contributed by atoms with van der Waals surface area (Å²) in [5.41, 5.74) is 0.0300. The highest BCUT2D eigenvalue weighted by atomic mass is 32.2. The van der Waals surface area contributed by atoms with Crippen molar-refractivity contribution in [3.63, 3.8) is 0 Å². The molecule has 17 heavy (non-hydrogen) atoms. The summed E-state index contributed by atoms with van der Waals surface area (Å²) in [4.78, 5) is 11.4. The van der Waals surface area contributed by atoms with Crippen LogP contribution in [0.15, 0.2) is 30.3 Å². The van der Waals surface area contributed by atoms with Gasteiger partial charge in [-0.1, -0.05) is 30.3 Å². The van der Waals surface area contributed by atoms with Gasteiger partial charge in [0.15, 0.2) is 5.60 Å². The first-order chi connectivity index (χ1) is 8.23. The van der Waals surface area contributed by atoms with Crippen molar-refractivity contribution in [3.05, 3.63) is 35.9 Å². The second-order valence-electron chi connectivity index (χ2n) is 4.23. The van der Waals surface area contributed by atoms with Gasteiger partial charge < -0.3 is 9.84 Å². The van der Waals surface area contributed by atoms with Crippen LogP contribution in [0.1, 0.15) is 18.4 Å². The standard InChI is InChI=1S/C13H16O3S/c14-12(15)13(7-4-8-17-10-13)16-9-11-5-2-1-3-6-11/h1-3,5-6H,4,7-10H2,(H,14,15). The second-order valence-corrected chi connectivity index (χ2v) is 5.34. The molecule has 1 aromatic carbocycles. The first-order valence-electron chi connectivity index (χ1n) is 5.72. The number of carboxylic acids is 1. The van der Waals surface area contributed by atoms with Crippen LogP contribution in [0.25, 0.3) is 0 Å². The minimum absolute atomic E-state index is 0.369. The fourth-order valence-electron chi connectivity index (χ4n) is 1.91. The molecule has 1 N–H and O–H groups in total. The zero-order chi connectivity index (χ0) is 12.1. The minimum atomic E-state index is -0.987. The fraction of sp³-hybridized carbons (Fsp3) is 0.462. The highest BCUT2D eigenvalue weighted by Crippen LogP contribution is 2.31. The molecule has 0 saturated carbocycles. The van der Waals surface area contributed by atoms with Crippen LogP contribution in [-0.2, 0) is 16.1 Å². The number of carboxylic acid groups (broad SMARTS) is 1. The van der Waals surface area contributed by atoms with Crippen molar-refractivity contribution in [2.75, 3.05) is 11.5 Å². The second kappa shape index (κ2) is 5.56. The van der Waals surface area contributed by atoms with E-state index >= 15 is 0 Å². The van der Waals surface area contributed by atoms with Gasteiger partial charge in [0.1, 0.15) is 0 Å². The molecule has 4 heteroatoms. The van der Waals surface area contributed by atoms with Crippen molar-refractivity contribution < 1.29 is 14.6 Å². The lowest BCUT2D eigenvalue weighted by Gasteiger charge is -2.32. The summed E-state index contributed by atoms with van der Waals surface area (Å²) in [6.07, 6.45) is 1.52. The lowest BCUT2D eigenvalue weighted by atomic mass is 9.99. The molecule has 1 aliphatic rings. The van der Waals surface area contributed by atoms with E-state index in [0.29, 0.717) is 18.8 Å². The van der Waals surface area contributed by atoms with E-state index in [4.69, 9.17) is 4.74 Å². The van der Waals surface area contributed by atoms with Gasteiger partial charge in [-0.3, -0.25) is 0 Å². The van der Waals surface area contributed by atoms with Crippen LogP contribution in [0.2, 0.25) is 0 Å². The SMILES string of the molecule is O=C(O)C1(OCc2ccccc2)CCCSC1. The summed E-state index contributed by atoms with van der Waals surface area (Å²) >= 11 is 1.66. The van der Waals surface area contributed by atoms with E-state index in [1.807, 2.05) is 30.3 Å². The number of thioether (sulfide) groups is 1. The molecule has 0 spiro atoms. The van der Waals surface area contributed by atoms with E-state index < -0.39 is 11.6 Å². The number of hydrogen-bond donors (Lipinski definition) is 1. The number of carbonyl (C=O) groups is 1. The molecule has 1 heterocycles. The van der Waals surface area contributed by atoms with Gasteiger partial charge in [0.05, 0.1) is 6.61 Å². The maximum atomic E-state index is 11.4. The van der Waals surface area contributed by atoms with Gasteiger partial charge in [-0.05, 0) is 24.2 Å². The molecule has 3 nitrogen and oxygen atoms in total. The average molecular weight is 252 g/mol. The molecule has 0 amide bonds. The van der Waals surface area contributed by atoms with E-state index in [9.17, 15) is 9.90 Å². The van der Waals surface area contributed by atoms with Crippen LogP contribution in [0.3, 0.4) is 0 Å². The van der Waals surface area contributed by atoms with Crippen LogP contribution >= 0.6 is 11.8 Å². The number of benzene rings is 1. The van der Waals surface area contributed by atoms with Crippen LogP contribution < -0.4 is 0 Å². The largest absolute Gasteiger partial charge is 0.479 e. The zero-order valence-electron chi connectivity index (χ0n) is 9.59. The summed E-state index contributed by atoms with van der Waals surface area (Å²) in [7, 11) is 0. The monoisotopic (exact) mass is 252 g/mol. The summed E-state index contributed by atoms with van der Waals surface area (Å²) in [6, 6.07) is 9.70. The summed E-state index contributed by atoms with van der Waals surface area (Å²) in [5, 5.41) is 9.33. The highest BCUT2D eigenvalue weighted by molar-refractivity contribution is 7.99. The number of hydrogen-bond acceptors (Lipinski definition) is 3. The maximum Gasteiger partial charge on any atom is 0.336 e. The maximum absolute atomic E-state index is 11.4. The summed E-state index contributed by atoms with van der Waals surface area (Å²) < 4.78 is 5.70. The van der Waals surface area contributed by atoms with Crippen molar-refractivity contribution in [2.24, 2.45) is 0 Å². The number of ether oxygens (including phenoxy) is 1. The molecule has 1 aliphatic heterocycles. The van der Waals surface area contributed by atoms with E-state index in [0.717, 1.165) is 17.7 Å². The first-order valence-corrected chi connectivity index (χ1v) is 6.87. The van der Waals surface area contributed by atoms with Crippen molar-refractivity contribution in [1.82, 2.24) is 0 Å². The molecule has 1 saturated heterocycles. The van der Waals surface area contributed by atoms with Crippen molar-refractivity contribution >= 4 is 17.7 Å². The molecule has 0 aromatic heterocycles. The molecule has 2 rings (SSSR count). The topological polar surface area (TPSA) is 46.5 Å². The predicted octanol–water partition coefficient (Wildman–Crippen LogP) is 2.55. The number of aliphatic carboxylic acids is 1. The Hall–Kier alpha value is -1.00. The van der Waals surface area contributed by atoms with Gasteiger partial charge in [0.25, 0.3) is 0 Å². The molecule has 0 radical (unpaired) electrons. The quantitative estimate of drug-likeness (QED) is 0.894. The lowest BCUT2D eigenvalue weighted by Crippen LogP contribution is -2.46. The van der Waals surface area contributed by atoms with Crippen LogP contribution in [0, 0.1) is 0 Å². The Kier molecular flexibility index (Phi) is 4.07. The van der Waals surface area contributed by atoms with Gasteiger partial charge >= 0.3 is 5.97 Å². The molecule has 0 bridgehead atoms. The summed E-state index contributed by atoms with van der Waals surface area (Å²) in [6.45, 7) is 0.369. The molecular weight excluding hydrogens is 236 g/mol. The van der Waals surface area contributed by atoms with Crippen LogP contribution in [0.4, 0.5) is 0 Å². The Morgan fingerprint density at radius 2 is 2.18 bits per heavy atom. The van der Waals surface area contributed by atoms with Gasteiger partial charge in [-0.25, -0.2) is 4.79 Å². The molecular formula is C13H16O3S. The first kappa shape index (κ1) is 12.5. The molecule has 1 aromatic rings. The summed E-state index contributed by atoms with van der Waals surface area (Å²) in [5.74, 6) is 0.749. The Labute approximate surface area is 105 Å². The highest BCUT2D eigenvalue weighted by Gasteiger charge is 2.41. The normalized spacial score (nSPS) is 24.5. The van der Waals surface area contributed by atoms with Crippen molar-refractivity contribution in [1.29, 1.82) is 0 Å². The molecule has 1 fully saturated rings. The van der Waals surface area contributed by atoms with E-state index in [2.05, 4.69) is 0 Å². The van der Waals surface area contributed by atoms with Crippen LogP contribution in [0.5, 0.6) is 0 Å². The zero-order valence-corrected chi connectivity index (χ0v) is 10.4. The molecule has 1 unspecified atom stereocenters. The third kappa shape index (κ3) is 3.01. The van der Waals surface area contributed by atoms with Gasteiger partial charge in [0.2, 0.25) is 0 Å². The van der Waals surface area contributed by atoms with Gasteiger partial charge in [-0.15, -0.1) is 0 Å². The van der Waals surface area contributed by atoms with E-state index in [-0.39, 0.29) is 0 Å².